The van der Waals surface area contributed by atoms with Crippen molar-refractivity contribution in [2.45, 2.75) is 37.9 Å². The molecule has 3 aromatic heterocycles. The van der Waals surface area contributed by atoms with Crippen molar-refractivity contribution < 1.29 is 13.9 Å². The molecule has 0 unspecified atom stereocenters. The van der Waals surface area contributed by atoms with E-state index in [0.29, 0.717) is 43.1 Å². The number of furan rings is 1. The Balaban J connectivity index is 1.50. The van der Waals surface area contributed by atoms with Crippen LogP contribution in [0.4, 0.5) is 4.79 Å². The zero-order chi connectivity index (χ0) is 20.7. The Kier molecular flexibility index (Phi) is 5.32. The molecule has 1 aliphatic carbocycles. The summed E-state index contributed by atoms with van der Waals surface area (Å²) in [4.78, 5) is 33.9. The van der Waals surface area contributed by atoms with Gasteiger partial charge in [-0.15, -0.1) is 11.3 Å². The number of ether oxygens (including phenoxy) is 1. The molecule has 1 atom stereocenters. The maximum atomic E-state index is 13.6. The molecule has 0 radical (unpaired) electrons. The van der Waals surface area contributed by atoms with Crippen LogP contribution in [0.5, 0.6) is 0 Å². The van der Waals surface area contributed by atoms with Crippen molar-refractivity contribution in [1.29, 1.82) is 0 Å². The molecule has 5 rings (SSSR count). The highest BCUT2D eigenvalue weighted by molar-refractivity contribution is 7.99. The zero-order valence-electron chi connectivity index (χ0n) is 16.8. The molecule has 158 valence electrons. The van der Waals surface area contributed by atoms with Crippen LogP contribution >= 0.6 is 23.1 Å². The van der Waals surface area contributed by atoms with Gasteiger partial charge in [0.05, 0.1) is 24.7 Å². The van der Waals surface area contributed by atoms with Gasteiger partial charge in [-0.3, -0.25) is 9.36 Å². The molecule has 0 N–H and O–H groups in total. The van der Waals surface area contributed by atoms with E-state index in [0.717, 1.165) is 35.2 Å². The van der Waals surface area contributed by atoms with Crippen LogP contribution in [0, 0.1) is 5.92 Å². The fourth-order valence-electron chi connectivity index (χ4n) is 4.09. The number of thiophene rings is 1. The van der Waals surface area contributed by atoms with Gasteiger partial charge < -0.3 is 14.1 Å². The number of aryl methyl sites for hydroxylation is 1. The van der Waals surface area contributed by atoms with Gasteiger partial charge in [0.25, 0.3) is 5.56 Å². The van der Waals surface area contributed by atoms with Crippen molar-refractivity contribution in [3.63, 3.8) is 0 Å². The van der Waals surface area contributed by atoms with Gasteiger partial charge in [0.15, 0.2) is 5.16 Å². The fraction of sp³-hybridized carbons (Fsp3) is 0.476. The highest BCUT2D eigenvalue weighted by Gasteiger charge is 2.26. The predicted molar refractivity (Wildman–Crippen MR) is 117 cm³/mol. The third-order valence-electron chi connectivity index (χ3n) is 5.71. The van der Waals surface area contributed by atoms with E-state index in [1.807, 2.05) is 12.1 Å². The number of hydrogen-bond acceptors (Lipinski definition) is 7. The Labute approximate surface area is 182 Å². The van der Waals surface area contributed by atoms with E-state index in [2.05, 4.69) is 6.92 Å². The standard InChI is InChI=1S/C21H23N3O4S2/c1-13-4-5-15-16(11-13)30-18-17(15)19(25)24(12-14-3-2-8-27-14)20(22-18)29-10-7-23-6-9-28-21(23)26/h2-3,8,13H,4-7,9-12H2,1H3/t13-/m1/s1. The molecule has 3 aromatic rings. The zero-order valence-corrected chi connectivity index (χ0v) is 18.4. The summed E-state index contributed by atoms with van der Waals surface area (Å²) in [5, 5.41) is 1.45. The van der Waals surface area contributed by atoms with Gasteiger partial charge in [0, 0.05) is 17.2 Å². The molecule has 1 aliphatic heterocycles. The van der Waals surface area contributed by atoms with Gasteiger partial charge in [0.2, 0.25) is 0 Å². The number of rotatable bonds is 6. The topological polar surface area (TPSA) is 77.6 Å². The SMILES string of the molecule is C[C@@H]1CCc2c(sc3nc(SCCN4CCOC4=O)n(Cc4ccco4)c(=O)c23)C1. The van der Waals surface area contributed by atoms with Crippen molar-refractivity contribution in [1.82, 2.24) is 14.5 Å². The van der Waals surface area contributed by atoms with Crippen LogP contribution in [0.1, 0.15) is 29.5 Å². The summed E-state index contributed by atoms with van der Waals surface area (Å²) in [5.74, 6) is 2.01. The molecular formula is C21H23N3O4S2. The molecule has 1 fully saturated rings. The molecule has 9 heteroatoms. The molecule has 0 saturated carbocycles. The average molecular weight is 446 g/mol. The van der Waals surface area contributed by atoms with Gasteiger partial charge >= 0.3 is 6.09 Å². The van der Waals surface area contributed by atoms with Crippen LogP contribution in [0.25, 0.3) is 10.2 Å². The van der Waals surface area contributed by atoms with Crippen LogP contribution in [-0.2, 0) is 24.1 Å². The number of thioether (sulfide) groups is 1. The lowest BCUT2D eigenvalue weighted by Crippen LogP contribution is -2.28. The molecule has 0 spiro atoms. The van der Waals surface area contributed by atoms with Gasteiger partial charge in [-0.2, -0.15) is 0 Å². The average Bonchev–Trinajstić information content (AvgIpc) is 3.45. The third kappa shape index (κ3) is 3.65. The smallest absolute Gasteiger partial charge is 0.409 e. The van der Waals surface area contributed by atoms with Gasteiger partial charge in [-0.05, 0) is 42.9 Å². The van der Waals surface area contributed by atoms with E-state index in [9.17, 15) is 9.59 Å². The van der Waals surface area contributed by atoms with E-state index in [1.54, 1.807) is 27.1 Å². The molecule has 1 saturated heterocycles. The third-order valence-corrected chi connectivity index (χ3v) is 7.82. The maximum absolute atomic E-state index is 13.6. The Morgan fingerprint density at radius 3 is 3.03 bits per heavy atom. The minimum absolute atomic E-state index is 0.00605. The van der Waals surface area contributed by atoms with Crippen LogP contribution in [-0.4, -0.2) is 46.0 Å². The van der Waals surface area contributed by atoms with Crippen molar-refractivity contribution in [3.05, 3.63) is 45.0 Å². The molecule has 30 heavy (non-hydrogen) atoms. The summed E-state index contributed by atoms with van der Waals surface area (Å²) in [5.41, 5.74) is 1.20. The molecular weight excluding hydrogens is 422 g/mol. The van der Waals surface area contributed by atoms with Gasteiger partial charge in [0.1, 0.15) is 17.2 Å². The number of carbonyl (C=O) groups is 1. The molecule has 0 bridgehead atoms. The van der Waals surface area contributed by atoms with Crippen LogP contribution in [0.3, 0.4) is 0 Å². The highest BCUT2D eigenvalue weighted by atomic mass is 32.2. The number of aromatic nitrogens is 2. The Morgan fingerprint density at radius 2 is 2.27 bits per heavy atom. The van der Waals surface area contributed by atoms with Crippen LogP contribution in [0.2, 0.25) is 0 Å². The number of carbonyl (C=O) groups excluding carboxylic acids is 1. The lowest BCUT2D eigenvalue weighted by atomic mass is 9.89. The van der Waals surface area contributed by atoms with E-state index >= 15 is 0 Å². The largest absolute Gasteiger partial charge is 0.467 e. The molecule has 1 amide bonds. The van der Waals surface area contributed by atoms with Gasteiger partial charge in [-0.25, -0.2) is 9.78 Å². The van der Waals surface area contributed by atoms with E-state index in [1.165, 1.54) is 22.2 Å². The summed E-state index contributed by atoms with van der Waals surface area (Å²) < 4.78 is 12.2. The summed E-state index contributed by atoms with van der Waals surface area (Å²) in [6.45, 7) is 4.23. The van der Waals surface area contributed by atoms with Crippen LogP contribution < -0.4 is 5.56 Å². The number of hydrogen-bond donors (Lipinski definition) is 0. The monoisotopic (exact) mass is 445 g/mol. The lowest BCUT2D eigenvalue weighted by molar-refractivity contribution is 0.160. The Hall–Kier alpha value is -2.26. The first-order valence-corrected chi connectivity index (χ1v) is 12.0. The second-order valence-corrected chi connectivity index (χ2v) is 9.99. The first-order chi connectivity index (χ1) is 14.6. The normalized spacial score (nSPS) is 18.8. The van der Waals surface area contributed by atoms with Crippen LogP contribution in [0.15, 0.2) is 32.8 Å². The number of cyclic esters (lactones) is 1. The minimum Gasteiger partial charge on any atom is -0.467 e. The fourth-order valence-corrected chi connectivity index (χ4v) is 6.47. The Bertz CT molecular complexity index is 1140. The summed E-state index contributed by atoms with van der Waals surface area (Å²) >= 11 is 3.16. The lowest BCUT2D eigenvalue weighted by Gasteiger charge is -2.17. The molecule has 2 aliphatic rings. The van der Waals surface area contributed by atoms with Crippen molar-refractivity contribution >= 4 is 39.4 Å². The first kappa shape index (κ1) is 19.7. The summed E-state index contributed by atoms with van der Waals surface area (Å²) in [6, 6.07) is 3.70. The molecule has 0 aromatic carbocycles. The molecule has 4 heterocycles. The minimum atomic E-state index is -0.271. The van der Waals surface area contributed by atoms with E-state index < -0.39 is 0 Å². The van der Waals surface area contributed by atoms with E-state index in [-0.39, 0.29) is 11.7 Å². The van der Waals surface area contributed by atoms with E-state index in [4.69, 9.17) is 14.1 Å². The first-order valence-electron chi connectivity index (χ1n) is 10.2. The maximum Gasteiger partial charge on any atom is 0.409 e. The molecule has 7 nitrogen and oxygen atoms in total. The van der Waals surface area contributed by atoms with Gasteiger partial charge in [-0.1, -0.05) is 18.7 Å². The second-order valence-electron chi connectivity index (χ2n) is 7.85. The number of fused-ring (bicyclic) bond motifs is 3. The predicted octanol–water partition coefficient (Wildman–Crippen LogP) is 3.77. The summed E-state index contributed by atoms with van der Waals surface area (Å²) in [7, 11) is 0. The van der Waals surface area contributed by atoms with Crippen molar-refractivity contribution in [2.75, 3.05) is 25.4 Å². The number of amides is 1. The van der Waals surface area contributed by atoms with Crippen molar-refractivity contribution in [2.24, 2.45) is 5.92 Å². The Morgan fingerprint density at radius 1 is 1.37 bits per heavy atom. The van der Waals surface area contributed by atoms with Crippen molar-refractivity contribution in [3.8, 4) is 0 Å². The highest BCUT2D eigenvalue weighted by Crippen LogP contribution is 2.36. The second kappa shape index (κ2) is 8.11. The quantitative estimate of drug-likeness (QED) is 0.425. The summed E-state index contributed by atoms with van der Waals surface area (Å²) in [6.07, 6.45) is 4.42. The number of nitrogens with zero attached hydrogens (tertiary/aromatic N) is 3.